The number of nitrogens with zero attached hydrogens (tertiary/aromatic N) is 1. The molecule has 1 N–H and O–H groups in total. The molecule has 0 aromatic heterocycles. The molecule has 2 atom stereocenters. The molecule has 126 valence electrons. The summed E-state index contributed by atoms with van der Waals surface area (Å²) in [6.07, 6.45) is 5.35. The van der Waals surface area contributed by atoms with Crippen LogP contribution in [0.15, 0.2) is 24.3 Å². The van der Waals surface area contributed by atoms with Gasteiger partial charge in [-0.2, -0.15) is 0 Å². The van der Waals surface area contributed by atoms with E-state index >= 15 is 0 Å². The Morgan fingerprint density at radius 1 is 1.26 bits per heavy atom. The van der Waals surface area contributed by atoms with Crippen molar-refractivity contribution in [2.75, 3.05) is 24.1 Å². The molecule has 23 heavy (non-hydrogen) atoms. The van der Waals surface area contributed by atoms with Crippen molar-refractivity contribution in [3.8, 4) is 0 Å². The highest BCUT2D eigenvalue weighted by molar-refractivity contribution is 7.92. The van der Waals surface area contributed by atoms with E-state index in [1.165, 1.54) is 0 Å². The number of rotatable bonds is 3. The van der Waals surface area contributed by atoms with Crippen LogP contribution in [0.4, 0.5) is 5.69 Å². The largest absolute Gasteiger partial charge is 0.374 e. The van der Waals surface area contributed by atoms with E-state index in [0.29, 0.717) is 24.4 Å². The minimum Gasteiger partial charge on any atom is -0.374 e. The zero-order chi connectivity index (χ0) is 16.4. The van der Waals surface area contributed by atoms with Gasteiger partial charge >= 0.3 is 0 Å². The molecule has 1 aliphatic heterocycles. The maximum atomic E-state index is 13.0. The lowest BCUT2D eigenvalue weighted by molar-refractivity contribution is -0.0752. The second kappa shape index (κ2) is 6.49. The van der Waals surface area contributed by atoms with E-state index in [0.717, 1.165) is 31.9 Å². The van der Waals surface area contributed by atoms with Gasteiger partial charge in [-0.05, 0) is 25.0 Å². The number of benzene rings is 1. The summed E-state index contributed by atoms with van der Waals surface area (Å²) in [4.78, 5) is 14.9. The van der Waals surface area contributed by atoms with Gasteiger partial charge in [0.05, 0.1) is 36.3 Å². The first-order chi connectivity index (χ1) is 11.0. The summed E-state index contributed by atoms with van der Waals surface area (Å²) in [7, 11) is -3.43. The minimum absolute atomic E-state index is 0.0938. The van der Waals surface area contributed by atoms with Crippen LogP contribution >= 0.6 is 0 Å². The molecule has 2 aliphatic rings. The summed E-state index contributed by atoms with van der Waals surface area (Å²) < 4.78 is 31.3. The first kappa shape index (κ1) is 16.3. The lowest BCUT2D eigenvalue weighted by atomic mass is 9.89. The number of fused-ring (bicyclic) bond motifs is 1. The van der Waals surface area contributed by atoms with Gasteiger partial charge in [0.25, 0.3) is 5.91 Å². The van der Waals surface area contributed by atoms with Gasteiger partial charge in [0.15, 0.2) is 0 Å². The number of carbonyl (C=O) groups excluding carboxylic acids is 1. The number of morpholine rings is 1. The molecule has 6 nitrogen and oxygen atoms in total. The second-order valence-corrected chi connectivity index (χ2v) is 7.93. The van der Waals surface area contributed by atoms with E-state index in [-0.39, 0.29) is 18.1 Å². The van der Waals surface area contributed by atoms with Crippen LogP contribution in [0.3, 0.4) is 0 Å². The Hall–Kier alpha value is -1.60. The maximum absolute atomic E-state index is 13.0. The lowest BCUT2D eigenvalue weighted by Crippen LogP contribution is -2.54. The zero-order valence-electron chi connectivity index (χ0n) is 13.2. The van der Waals surface area contributed by atoms with Crippen LogP contribution in [0.2, 0.25) is 0 Å². The number of hydrogen-bond donors (Lipinski definition) is 1. The quantitative estimate of drug-likeness (QED) is 0.912. The van der Waals surface area contributed by atoms with E-state index in [1.807, 2.05) is 4.90 Å². The fraction of sp³-hybridized carbons (Fsp3) is 0.562. The molecule has 0 radical (unpaired) electrons. The van der Waals surface area contributed by atoms with E-state index in [1.54, 1.807) is 24.3 Å². The summed E-state index contributed by atoms with van der Waals surface area (Å²) >= 11 is 0. The molecular weight excluding hydrogens is 316 g/mol. The van der Waals surface area contributed by atoms with Gasteiger partial charge in [-0.25, -0.2) is 8.42 Å². The van der Waals surface area contributed by atoms with Gasteiger partial charge in [0.2, 0.25) is 10.0 Å². The average Bonchev–Trinajstić information content (AvgIpc) is 2.53. The average molecular weight is 338 g/mol. The molecule has 0 bridgehead atoms. The van der Waals surface area contributed by atoms with E-state index < -0.39 is 10.0 Å². The van der Waals surface area contributed by atoms with Crippen molar-refractivity contribution in [2.24, 2.45) is 0 Å². The van der Waals surface area contributed by atoms with Crippen molar-refractivity contribution in [1.29, 1.82) is 0 Å². The summed E-state index contributed by atoms with van der Waals surface area (Å²) in [6.45, 7) is 1.09. The Morgan fingerprint density at radius 2 is 2.00 bits per heavy atom. The number of para-hydroxylation sites is 1. The normalized spacial score (nSPS) is 24.8. The van der Waals surface area contributed by atoms with Gasteiger partial charge in [-0.15, -0.1) is 0 Å². The SMILES string of the molecule is CS(=O)(=O)Nc1ccccc1C(=O)N1CCO[C@H]2CCCC[C@H]21. The Labute approximate surface area is 136 Å². The van der Waals surface area contributed by atoms with E-state index in [2.05, 4.69) is 4.72 Å². The molecular formula is C16H22N2O4S. The van der Waals surface area contributed by atoms with Crippen LogP contribution in [0.25, 0.3) is 0 Å². The third kappa shape index (κ3) is 3.67. The molecule has 1 heterocycles. The van der Waals surface area contributed by atoms with Crippen molar-refractivity contribution in [2.45, 2.75) is 37.8 Å². The second-order valence-electron chi connectivity index (χ2n) is 6.18. The molecule has 1 saturated heterocycles. The van der Waals surface area contributed by atoms with Crippen molar-refractivity contribution >= 4 is 21.6 Å². The van der Waals surface area contributed by atoms with Crippen LogP contribution < -0.4 is 4.72 Å². The molecule has 7 heteroatoms. The molecule has 1 aliphatic carbocycles. The molecule has 0 unspecified atom stereocenters. The molecule has 2 fully saturated rings. The molecule has 0 spiro atoms. The topological polar surface area (TPSA) is 75.7 Å². The van der Waals surface area contributed by atoms with Crippen LogP contribution in [0.1, 0.15) is 36.0 Å². The van der Waals surface area contributed by atoms with E-state index in [4.69, 9.17) is 4.74 Å². The Bertz CT molecular complexity index is 687. The Balaban J connectivity index is 1.88. The zero-order valence-corrected chi connectivity index (χ0v) is 14.0. The van der Waals surface area contributed by atoms with E-state index in [9.17, 15) is 13.2 Å². The van der Waals surface area contributed by atoms with Crippen molar-refractivity contribution in [3.63, 3.8) is 0 Å². The summed E-state index contributed by atoms with van der Waals surface area (Å²) in [5.41, 5.74) is 0.725. The number of nitrogens with one attached hydrogen (secondary N) is 1. The van der Waals surface area contributed by atoms with Gasteiger partial charge in [0.1, 0.15) is 0 Å². The van der Waals surface area contributed by atoms with Crippen LogP contribution in [-0.2, 0) is 14.8 Å². The molecule has 3 rings (SSSR count). The first-order valence-corrected chi connectivity index (χ1v) is 9.84. The highest BCUT2D eigenvalue weighted by Gasteiger charge is 2.37. The number of hydrogen-bond acceptors (Lipinski definition) is 4. The maximum Gasteiger partial charge on any atom is 0.256 e. The van der Waals surface area contributed by atoms with Crippen LogP contribution in [0.5, 0.6) is 0 Å². The van der Waals surface area contributed by atoms with Crippen molar-refractivity contribution < 1.29 is 17.9 Å². The number of sulfonamides is 1. The highest BCUT2D eigenvalue weighted by atomic mass is 32.2. The molecule has 1 aromatic rings. The number of amides is 1. The first-order valence-electron chi connectivity index (χ1n) is 7.95. The third-order valence-electron chi connectivity index (χ3n) is 4.45. The molecule has 1 saturated carbocycles. The monoisotopic (exact) mass is 338 g/mol. The molecule has 1 aromatic carbocycles. The van der Waals surface area contributed by atoms with Gasteiger partial charge < -0.3 is 9.64 Å². The van der Waals surface area contributed by atoms with Crippen LogP contribution in [0, 0.1) is 0 Å². The summed E-state index contributed by atoms with van der Waals surface area (Å²) in [5.74, 6) is -0.128. The standard InChI is InChI=1S/C16H22N2O4S/c1-23(20,21)17-13-7-3-2-6-12(13)16(19)18-10-11-22-15-9-5-4-8-14(15)18/h2-3,6-7,14-15,17H,4-5,8-11H2,1H3/t14-,15+/m1/s1. The predicted octanol–water partition coefficient (Wildman–Crippen LogP) is 1.84. The third-order valence-corrected chi connectivity index (χ3v) is 5.04. The van der Waals surface area contributed by atoms with Gasteiger partial charge in [0, 0.05) is 6.54 Å². The fourth-order valence-electron chi connectivity index (χ4n) is 3.46. The number of carbonyl (C=O) groups is 1. The van der Waals surface area contributed by atoms with Crippen molar-refractivity contribution in [3.05, 3.63) is 29.8 Å². The lowest BCUT2D eigenvalue weighted by Gasteiger charge is -2.44. The minimum atomic E-state index is -3.43. The van der Waals surface area contributed by atoms with Gasteiger partial charge in [-0.3, -0.25) is 9.52 Å². The Kier molecular flexibility index (Phi) is 4.59. The van der Waals surface area contributed by atoms with Gasteiger partial charge in [-0.1, -0.05) is 25.0 Å². The number of anilines is 1. The van der Waals surface area contributed by atoms with Crippen LogP contribution in [-0.4, -0.2) is 50.8 Å². The smallest absolute Gasteiger partial charge is 0.256 e. The number of ether oxygens (including phenoxy) is 1. The van der Waals surface area contributed by atoms with Crippen molar-refractivity contribution in [1.82, 2.24) is 4.90 Å². The highest BCUT2D eigenvalue weighted by Crippen LogP contribution is 2.30. The predicted molar refractivity (Wildman–Crippen MR) is 87.9 cm³/mol. The Morgan fingerprint density at radius 3 is 2.78 bits per heavy atom. The molecule has 1 amide bonds. The fourth-order valence-corrected chi connectivity index (χ4v) is 4.04. The summed E-state index contributed by atoms with van der Waals surface area (Å²) in [5, 5.41) is 0. The summed E-state index contributed by atoms with van der Waals surface area (Å²) in [6, 6.07) is 6.85.